The van der Waals surface area contributed by atoms with Gasteiger partial charge in [-0.3, -0.25) is 4.79 Å². The summed E-state index contributed by atoms with van der Waals surface area (Å²) in [7, 11) is 0. The first-order chi connectivity index (χ1) is 9.06. The number of thioether (sulfide) groups is 2. The van der Waals surface area contributed by atoms with E-state index in [4.69, 9.17) is 11.5 Å². The van der Waals surface area contributed by atoms with Crippen molar-refractivity contribution in [1.82, 2.24) is 10.2 Å². The van der Waals surface area contributed by atoms with Crippen LogP contribution in [-0.2, 0) is 4.79 Å². The van der Waals surface area contributed by atoms with Gasteiger partial charge in [-0.15, -0.1) is 10.2 Å². The second kappa shape index (κ2) is 6.43. The van der Waals surface area contributed by atoms with Crippen LogP contribution in [0.15, 0.2) is 8.68 Å². The van der Waals surface area contributed by atoms with Crippen LogP contribution in [0.1, 0.15) is 25.7 Å². The summed E-state index contributed by atoms with van der Waals surface area (Å²) in [6.07, 6.45) is 5.59. The van der Waals surface area contributed by atoms with Crippen LogP contribution >= 0.6 is 34.9 Å². The van der Waals surface area contributed by atoms with Gasteiger partial charge in [0.05, 0.1) is 5.54 Å². The van der Waals surface area contributed by atoms with E-state index in [2.05, 4.69) is 10.2 Å². The van der Waals surface area contributed by atoms with Crippen molar-refractivity contribution >= 4 is 40.8 Å². The summed E-state index contributed by atoms with van der Waals surface area (Å²) in [5, 5.41) is 8.16. The van der Waals surface area contributed by atoms with Crippen molar-refractivity contribution in [3.8, 4) is 0 Å². The van der Waals surface area contributed by atoms with E-state index in [1.165, 1.54) is 0 Å². The van der Waals surface area contributed by atoms with Crippen molar-refractivity contribution in [1.29, 1.82) is 0 Å². The molecule has 8 heteroatoms. The van der Waals surface area contributed by atoms with Crippen LogP contribution in [0, 0.1) is 5.92 Å². The topological polar surface area (TPSA) is 94.9 Å². The Labute approximate surface area is 125 Å². The van der Waals surface area contributed by atoms with Gasteiger partial charge >= 0.3 is 0 Å². The van der Waals surface area contributed by atoms with Gasteiger partial charge in [0.15, 0.2) is 8.68 Å². The number of nitrogens with two attached hydrogens (primary N) is 2. The second-order valence-electron chi connectivity index (χ2n) is 4.67. The lowest BCUT2D eigenvalue weighted by Gasteiger charge is -2.27. The fraction of sp³-hybridized carbons (Fsp3) is 0.727. The third-order valence-corrected chi connectivity index (χ3v) is 6.65. The highest BCUT2D eigenvalue weighted by atomic mass is 32.2. The van der Waals surface area contributed by atoms with Crippen molar-refractivity contribution < 1.29 is 4.79 Å². The van der Waals surface area contributed by atoms with Gasteiger partial charge in [-0.1, -0.05) is 41.3 Å². The average Bonchev–Trinajstić information content (AvgIpc) is 2.98. The molecule has 1 heterocycles. The Morgan fingerprint density at radius 1 is 1.53 bits per heavy atom. The Morgan fingerprint density at radius 3 is 2.89 bits per heavy atom. The Hall–Kier alpha value is -0.310. The number of hydrogen-bond donors (Lipinski definition) is 2. The molecule has 0 saturated heterocycles. The monoisotopic (exact) mass is 318 g/mol. The summed E-state index contributed by atoms with van der Waals surface area (Å²) in [4.78, 5) is 11.5. The molecule has 4 N–H and O–H groups in total. The van der Waals surface area contributed by atoms with Crippen LogP contribution in [0.25, 0.3) is 0 Å². The molecular weight excluding hydrogens is 300 g/mol. The van der Waals surface area contributed by atoms with Crippen LogP contribution in [0.3, 0.4) is 0 Å². The van der Waals surface area contributed by atoms with E-state index in [9.17, 15) is 4.79 Å². The molecule has 0 bridgehead atoms. The number of amides is 1. The fourth-order valence-corrected chi connectivity index (χ4v) is 5.02. The highest BCUT2D eigenvalue weighted by molar-refractivity contribution is 8.02. The van der Waals surface area contributed by atoms with Crippen molar-refractivity contribution in [2.24, 2.45) is 17.4 Å². The first-order valence-electron chi connectivity index (χ1n) is 6.15. The molecule has 2 atom stereocenters. The molecule has 2 rings (SSSR count). The van der Waals surface area contributed by atoms with E-state index < -0.39 is 5.54 Å². The Kier molecular flexibility index (Phi) is 5.10. The zero-order valence-electron chi connectivity index (χ0n) is 10.8. The van der Waals surface area contributed by atoms with E-state index in [0.29, 0.717) is 6.42 Å². The molecule has 0 spiro atoms. The number of aromatic nitrogens is 2. The van der Waals surface area contributed by atoms with Crippen molar-refractivity contribution in [3.63, 3.8) is 0 Å². The predicted molar refractivity (Wildman–Crippen MR) is 80.5 cm³/mol. The van der Waals surface area contributed by atoms with Gasteiger partial charge in [-0.05, 0) is 31.4 Å². The number of carbonyl (C=O) groups is 1. The molecular formula is C11H18N4OS3. The second-order valence-corrected chi connectivity index (χ2v) is 8.04. The molecule has 1 aromatic heterocycles. The molecule has 19 heavy (non-hydrogen) atoms. The lowest BCUT2D eigenvalue weighted by Crippen LogP contribution is -2.54. The quantitative estimate of drug-likeness (QED) is 0.776. The Bertz CT molecular complexity index is 453. The number of rotatable bonds is 6. The number of nitrogens with zero attached hydrogens (tertiary/aromatic N) is 2. The Balaban J connectivity index is 1.83. The summed E-state index contributed by atoms with van der Waals surface area (Å²) < 4.78 is 1.96. The highest BCUT2D eigenvalue weighted by Crippen LogP contribution is 2.37. The molecule has 0 aliphatic heterocycles. The molecule has 0 aromatic carbocycles. The molecule has 1 saturated carbocycles. The zero-order valence-corrected chi connectivity index (χ0v) is 13.2. The molecule has 1 aliphatic rings. The molecule has 106 valence electrons. The summed E-state index contributed by atoms with van der Waals surface area (Å²) >= 11 is 4.88. The maximum absolute atomic E-state index is 11.5. The molecule has 1 aromatic rings. The van der Waals surface area contributed by atoms with E-state index in [-0.39, 0.29) is 11.8 Å². The normalized spacial score (nSPS) is 26.7. The first kappa shape index (κ1) is 15.1. The number of hydrogen-bond acceptors (Lipinski definition) is 7. The number of carbonyl (C=O) groups excluding carboxylic acids is 1. The van der Waals surface area contributed by atoms with Gasteiger partial charge in [0.2, 0.25) is 5.91 Å². The highest BCUT2D eigenvalue weighted by Gasteiger charge is 2.43. The van der Waals surface area contributed by atoms with Crippen LogP contribution in [0.2, 0.25) is 0 Å². The van der Waals surface area contributed by atoms with Crippen LogP contribution in [0.4, 0.5) is 0 Å². The van der Waals surface area contributed by atoms with E-state index >= 15 is 0 Å². The standard InChI is InChI=1S/C11H18N4OS3/c1-17-9-14-15-10(19-9)18-6-4-7-3-2-5-11(7,13)8(12)16/h7H,2-6,13H2,1H3,(H2,12,16). The summed E-state index contributed by atoms with van der Waals surface area (Å²) in [6.45, 7) is 0. The molecule has 0 radical (unpaired) electrons. The van der Waals surface area contributed by atoms with Crippen LogP contribution < -0.4 is 11.5 Å². The van der Waals surface area contributed by atoms with Crippen LogP contribution in [-0.4, -0.2) is 33.7 Å². The molecule has 1 amide bonds. The largest absolute Gasteiger partial charge is 0.368 e. The average molecular weight is 318 g/mol. The zero-order chi connectivity index (χ0) is 13.9. The lowest BCUT2D eigenvalue weighted by molar-refractivity contribution is -0.124. The van der Waals surface area contributed by atoms with Crippen LogP contribution in [0.5, 0.6) is 0 Å². The minimum Gasteiger partial charge on any atom is -0.368 e. The molecule has 1 fully saturated rings. The molecule has 5 nitrogen and oxygen atoms in total. The van der Waals surface area contributed by atoms with Gasteiger partial charge in [-0.2, -0.15) is 0 Å². The van der Waals surface area contributed by atoms with Gasteiger partial charge in [0.1, 0.15) is 0 Å². The van der Waals surface area contributed by atoms with E-state index in [1.807, 2.05) is 6.26 Å². The van der Waals surface area contributed by atoms with Gasteiger partial charge < -0.3 is 11.5 Å². The first-order valence-corrected chi connectivity index (χ1v) is 9.18. The summed E-state index contributed by atoms with van der Waals surface area (Å²) in [6, 6.07) is 0. The maximum Gasteiger partial charge on any atom is 0.237 e. The lowest BCUT2D eigenvalue weighted by atomic mass is 9.85. The fourth-order valence-electron chi connectivity index (χ4n) is 2.46. The minimum absolute atomic E-state index is 0.199. The SMILES string of the molecule is CSc1nnc(SCCC2CCCC2(N)C(N)=O)s1. The summed E-state index contributed by atoms with van der Waals surface area (Å²) in [5.41, 5.74) is 10.8. The van der Waals surface area contributed by atoms with Gasteiger partial charge in [-0.25, -0.2) is 0 Å². The van der Waals surface area contributed by atoms with Crippen molar-refractivity contribution in [3.05, 3.63) is 0 Å². The minimum atomic E-state index is -0.799. The van der Waals surface area contributed by atoms with Crippen molar-refractivity contribution in [2.45, 2.75) is 39.9 Å². The third-order valence-electron chi connectivity index (χ3n) is 3.58. The maximum atomic E-state index is 11.5. The molecule has 1 aliphatic carbocycles. The number of primary amides is 1. The molecule has 2 unspecified atom stereocenters. The third kappa shape index (κ3) is 3.42. The van der Waals surface area contributed by atoms with Gasteiger partial charge in [0, 0.05) is 5.75 Å². The van der Waals surface area contributed by atoms with E-state index in [0.717, 1.165) is 33.7 Å². The Morgan fingerprint density at radius 2 is 2.26 bits per heavy atom. The van der Waals surface area contributed by atoms with E-state index in [1.54, 1.807) is 34.9 Å². The predicted octanol–water partition coefficient (Wildman–Crippen LogP) is 1.73. The van der Waals surface area contributed by atoms with Gasteiger partial charge in [0.25, 0.3) is 0 Å². The smallest absolute Gasteiger partial charge is 0.237 e. The van der Waals surface area contributed by atoms with Crippen molar-refractivity contribution in [2.75, 3.05) is 12.0 Å². The summed E-state index contributed by atoms with van der Waals surface area (Å²) in [5.74, 6) is 0.742.